The first kappa shape index (κ1) is 14.1. The molecular weight excluding hydrogens is 270 g/mol. The molecule has 2 heterocycles. The highest BCUT2D eigenvalue weighted by molar-refractivity contribution is 7.91. The summed E-state index contributed by atoms with van der Waals surface area (Å²) in [5.74, 6) is 0.198. The predicted octanol–water partition coefficient (Wildman–Crippen LogP) is -0.953. The molecule has 1 N–H and O–H groups in total. The number of carbonyl (C=O) groups excluding carboxylic acids is 2. The summed E-state index contributed by atoms with van der Waals surface area (Å²) in [5.41, 5.74) is 0. The van der Waals surface area contributed by atoms with Gasteiger partial charge in [-0.05, 0) is 6.42 Å². The minimum Gasteiger partial charge on any atom is -0.339 e. The van der Waals surface area contributed by atoms with Crippen molar-refractivity contribution in [2.75, 3.05) is 37.7 Å². The zero-order valence-electron chi connectivity index (χ0n) is 11.0. The number of carbonyl (C=O) groups is 2. The minimum absolute atomic E-state index is 0.0157. The molecule has 1 atom stereocenters. The normalized spacial score (nSPS) is 26.3. The molecule has 19 heavy (non-hydrogen) atoms. The Labute approximate surface area is 112 Å². The molecule has 2 saturated heterocycles. The van der Waals surface area contributed by atoms with Gasteiger partial charge >= 0.3 is 6.03 Å². The Hall–Kier alpha value is -1.31. The average Bonchev–Trinajstić information content (AvgIpc) is 2.68. The molecule has 7 nitrogen and oxygen atoms in total. The molecule has 0 aromatic heterocycles. The zero-order chi connectivity index (χ0) is 14.0. The highest BCUT2D eigenvalue weighted by Gasteiger charge is 2.31. The van der Waals surface area contributed by atoms with Crippen molar-refractivity contribution in [2.45, 2.75) is 19.4 Å². The molecule has 0 aromatic rings. The van der Waals surface area contributed by atoms with Crippen LogP contribution in [0.3, 0.4) is 0 Å². The first-order valence-corrected chi connectivity index (χ1v) is 8.21. The lowest BCUT2D eigenvalue weighted by Crippen LogP contribution is -2.54. The molecule has 2 aliphatic heterocycles. The van der Waals surface area contributed by atoms with Crippen LogP contribution in [0.5, 0.6) is 0 Å². The van der Waals surface area contributed by atoms with Crippen LogP contribution < -0.4 is 5.32 Å². The van der Waals surface area contributed by atoms with E-state index in [0.717, 1.165) is 0 Å². The molecule has 0 aromatic carbocycles. The second-order valence-corrected chi connectivity index (χ2v) is 7.27. The number of rotatable bonds is 1. The largest absolute Gasteiger partial charge is 0.339 e. The van der Waals surface area contributed by atoms with E-state index in [9.17, 15) is 18.0 Å². The number of hydrogen-bond donors (Lipinski definition) is 1. The van der Waals surface area contributed by atoms with E-state index in [4.69, 9.17) is 0 Å². The summed E-state index contributed by atoms with van der Waals surface area (Å²) >= 11 is 0. The molecular formula is C11H19N3O4S. The van der Waals surface area contributed by atoms with Crippen molar-refractivity contribution in [3.63, 3.8) is 0 Å². The lowest BCUT2D eigenvalue weighted by Gasteiger charge is -2.34. The molecule has 3 amide bonds. The third kappa shape index (κ3) is 3.59. The number of piperazine rings is 1. The second kappa shape index (κ2) is 5.36. The zero-order valence-corrected chi connectivity index (χ0v) is 11.8. The molecule has 0 saturated carbocycles. The molecule has 8 heteroatoms. The van der Waals surface area contributed by atoms with Gasteiger partial charge in [0.25, 0.3) is 0 Å². The van der Waals surface area contributed by atoms with Gasteiger partial charge < -0.3 is 15.1 Å². The summed E-state index contributed by atoms with van der Waals surface area (Å²) in [7, 11) is -2.98. The van der Waals surface area contributed by atoms with E-state index in [1.165, 1.54) is 6.92 Å². The molecule has 2 rings (SSSR count). The van der Waals surface area contributed by atoms with Crippen LogP contribution in [0.4, 0.5) is 4.79 Å². The molecule has 0 radical (unpaired) electrons. The lowest BCUT2D eigenvalue weighted by molar-refractivity contribution is -0.130. The van der Waals surface area contributed by atoms with Crippen LogP contribution in [0.15, 0.2) is 0 Å². The fourth-order valence-electron chi connectivity index (χ4n) is 2.40. The lowest BCUT2D eigenvalue weighted by atomic mass is 10.2. The van der Waals surface area contributed by atoms with Crippen LogP contribution in [-0.2, 0) is 14.6 Å². The molecule has 0 aliphatic carbocycles. The minimum atomic E-state index is -2.98. The average molecular weight is 289 g/mol. The van der Waals surface area contributed by atoms with Gasteiger partial charge in [0.1, 0.15) is 0 Å². The first-order chi connectivity index (χ1) is 8.87. The molecule has 0 bridgehead atoms. The van der Waals surface area contributed by atoms with Crippen LogP contribution in [0.25, 0.3) is 0 Å². The van der Waals surface area contributed by atoms with Crippen LogP contribution in [0.2, 0.25) is 0 Å². The van der Waals surface area contributed by atoms with Crippen LogP contribution in [0.1, 0.15) is 13.3 Å². The van der Waals surface area contributed by atoms with Crippen molar-refractivity contribution in [3.05, 3.63) is 0 Å². The van der Waals surface area contributed by atoms with Gasteiger partial charge in [-0.2, -0.15) is 0 Å². The Kier molecular flexibility index (Phi) is 3.98. The SMILES string of the molecule is CC(=O)N1CCN(C(=O)NC2CCS(=O)(=O)C2)CC1. The Bertz CT molecular complexity index is 468. The summed E-state index contributed by atoms with van der Waals surface area (Å²) in [6.45, 7) is 3.56. The van der Waals surface area contributed by atoms with Gasteiger partial charge in [-0.25, -0.2) is 13.2 Å². The van der Waals surface area contributed by atoms with E-state index < -0.39 is 9.84 Å². The van der Waals surface area contributed by atoms with E-state index in [-0.39, 0.29) is 29.5 Å². The van der Waals surface area contributed by atoms with Crippen LogP contribution in [0, 0.1) is 0 Å². The maximum Gasteiger partial charge on any atom is 0.317 e. The third-order valence-corrected chi connectivity index (χ3v) is 5.34. The maximum atomic E-state index is 12.0. The van der Waals surface area contributed by atoms with Crippen molar-refractivity contribution < 1.29 is 18.0 Å². The second-order valence-electron chi connectivity index (χ2n) is 5.04. The number of urea groups is 1. The smallest absolute Gasteiger partial charge is 0.317 e. The number of sulfone groups is 1. The van der Waals surface area contributed by atoms with Crippen molar-refractivity contribution in [1.82, 2.24) is 15.1 Å². The van der Waals surface area contributed by atoms with E-state index in [1.54, 1.807) is 9.80 Å². The van der Waals surface area contributed by atoms with Crippen LogP contribution in [-0.4, -0.2) is 73.9 Å². The summed E-state index contributed by atoms with van der Waals surface area (Å²) in [6, 6.07) is -0.506. The summed E-state index contributed by atoms with van der Waals surface area (Å²) < 4.78 is 22.6. The van der Waals surface area contributed by atoms with Crippen molar-refractivity contribution in [2.24, 2.45) is 0 Å². The van der Waals surface area contributed by atoms with Gasteiger partial charge in [0.15, 0.2) is 9.84 Å². The summed E-state index contributed by atoms with van der Waals surface area (Å²) in [4.78, 5) is 26.5. The molecule has 2 fully saturated rings. The van der Waals surface area contributed by atoms with Gasteiger partial charge in [-0.15, -0.1) is 0 Å². The quantitative estimate of drug-likeness (QED) is 0.674. The van der Waals surface area contributed by atoms with Crippen molar-refractivity contribution in [3.8, 4) is 0 Å². The van der Waals surface area contributed by atoms with Gasteiger partial charge in [0.05, 0.1) is 11.5 Å². The third-order valence-electron chi connectivity index (χ3n) is 3.57. The molecule has 108 valence electrons. The topological polar surface area (TPSA) is 86.8 Å². The van der Waals surface area contributed by atoms with Gasteiger partial charge in [-0.3, -0.25) is 4.79 Å². The Morgan fingerprint density at radius 2 is 1.68 bits per heavy atom. The Morgan fingerprint density at radius 3 is 2.16 bits per heavy atom. The van der Waals surface area contributed by atoms with Crippen molar-refractivity contribution in [1.29, 1.82) is 0 Å². The number of nitrogens with one attached hydrogen (secondary N) is 1. The van der Waals surface area contributed by atoms with Crippen molar-refractivity contribution >= 4 is 21.8 Å². The Morgan fingerprint density at radius 1 is 1.11 bits per heavy atom. The molecule has 1 unspecified atom stereocenters. The van der Waals surface area contributed by atoms with E-state index in [2.05, 4.69) is 5.32 Å². The highest BCUT2D eigenvalue weighted by Crippen LogP contribution is 2.12. The fourth-order valence-corrected chi connectivity index (χ4v) is 4.07. The predicted molar refractivity (Wildman–Crippen MR) is 69.4 cm³/mol. The monoisotopic (exact) mass is 289 g/mol. The van der Waals surface area contributed by atoms with Crippen LogP contribution >= 0.6 is 0 Å². The molecule has 0 spiro atoms. The molecule has 2 aliphatic rings. The number of hydrogen-bond acceptors (Lipinski definition) is 4. The van der Waals surface area contributed by atoms with Gasteiger partial charge in [0.2, 0.25) is 5.91 Å². The van der Waals surface area contributed by atoms with E-state index in [0.29, 0.717) is 32.6 Å². The first-order valence-electron chi connectivity index (χ1n) is 6.39. The highest BCUT2D eigenvalue weighted by atomic mass is 32.2. The number of nitrogens with zero attached hydrogens (tertiary/aromatic N) is 2. The summed E-state index contributed by atoms with van der Waals surface area (Å²) in [6.07, 6.45) is 0.488. The Balaban J connectivity index is 1.81. The maximum absolute atomic E-state index is 12.0. The number of amides is 3. The van der Waals surface area contributed by atoms with Gasteiger partial charge in [0, 0.05) is 39.1 Å². The van der Waals surface area contributed by atoms with E-state index >= 15 is 0 Å². The van der Waals surface area contributed by atoms with E-state index in [1.807, 2.05) is 0 Å². The summed E-state index contributed by atoms with van der Waals surface area (Å²) in [5, 5.41) is 2.75. The standard InChI is InChI=1S/C11H19N3O4S/c1-9(15)13-3-5-14(6-4-13)11(16)12-10-2-7-19(17,18)8-10/h10H,2-8H2,1H3,(H,12,16). The van der Waals surface area contributed by atoms with Gasteiger partial charge in [-0.1, -0.05) is 0 Å². The fraction of sp³-hybridized carbons (Fsp3) is 0.818.